The van der Waals surface area contributed by atoms with Crippen molar-refractivity contribution in [2.75, 3.05) is 31.1 Å². The molecule has 0 radical (unpaired) electrons. The summed E-state index contributed by atoms with van der Waals surface area (Å²) in [7, 11) is -3.51. The number of sulfonamides is 1. The van der Waals surface area contributed by atoms with E-state index in [1.54, 1.807) is 16.4 Å². The summed E-state index contributed by atoms with van der Waals surface area (Å²) in [4.78, 5) is 12.0. The van der Waals surface area contributed by atoms with Gasteiger partial charge in [0.15, 0.2) is 0 Å². The van der Waals surface area contributed by atoms with Gasteiger partial charge in [0, 0.05) is 43.9 Å². The minimum Gasteiger partial charge on any atom is -0.355 e. The van der Waals surface area contributed by atoms with Crippen LogP contribution in [0.15, 0.2) is 59.5 Å². The Bertz CT molecular complexity index is 1180. The molecule has 2 heterocycles. The van der Waals surface area contributed by atoms with Crippen molar-refractivity contribution in [1.29, 1.82) is 0 Å². The fourth-order valence-electron chi connectivity index (χ4n) is 4.19. The van der Waals surface area contributed by atoms with Crippen molar-refractivity contribution in [1.82, 2.24) is 14.3 Å². The fourth-order valence-corrected chi connectivity index (χ4v) is 5.66. The predicted molar refractivity (Wildman–Crippen MR) is 128 cm³/mol. The monoisotopic (exact) mass is 450 g/mol. The molecule has 0 N–H and O–H groups in total. The van der Waals surface area contributed by atoms with Crippen LogP contribution in [0.3, 0.4) is 0 Å². The second-order valence-electron chi connectivity index (χ2n) is 8.38. The minimum absolute atomic E-state index is 0.357. The summed E-state index contributed by atoms with van der Waals surface area (Å²) in [6.45, 7) is 8.20. The number of hydrogen-bond donors (Lipinski definition) is 0. The van der Waals surface area contributed by atoms with Gasteiger partial charge in [0.25, 0.3) is 0 Å². The zero-order valence-electron chi connectivity index (χ0n) is 19.0. The molecule has 0 saturated carbocycles. The molecule has 0 bridgehead atoms. The van der Waals surface area contributed by atoms with E-state index in [-0.39, 0.29) is 0 Å². The van der Waals surface area contributed by atoms with Crippen LogP contribution in [0.2, 0.25) is 0 Å². The summed E-state index contributed by atoms with van der Waals surface area (Å²) in [6.07, 6.45) is 1.50. The van der Waals surface area contributed by atoms with Gasteiger partial charge in [-0.15, -0.1) is 0 Å². The van der Waals surface area contributed by atoms with E-state index in [1.165, 1.54) is 5.56 Å². The SMILES string of the molecule is Cc1ccc(S(=O)(=O)N2CCCN(c3nc(C)nc(C)c3Cc3ccccc3)CC2)cc1. The van der Waals surface area contributed by atoms with Crippen molar-refractivity contribution in [3.8, 4) is 0 Å². The highest BCUT2D eigenvalue weighted by molar-refractivity contribution is 7.89. The first-order chi connectivity index (χ1) is 15.3. The van der Waals surface area contributed by atoms with E-state index in [9.17, 15) is 8.42 Å². The first kappa shape index (κ1) is 22.4. The second kappa shape index (κ2) is 9.38. The zero-order valence-corrected chi connectivity index (χ0v) is 19.8. The maximum Gasteiger partial charge on any atom is 0.243 e. The summed E-state index contributed by atoms with van der Waals surface area (Å²) in [6, 6.07) is 17.4. The summed E-state index contributed by atoms with van der Waals surface area (Å²) in [5.74, 6) is 1.66. The van der Waals surface area contributed by atoms with Gasteiger partial charge in [-0.1, -0.05) is 48.0 Å². The summed E-state index contributed by atoms with van der Waals surface area (Å²) < 4.78 is 28.0. The first-order valence-electron chi connectivity index (χ1n) is 11.0. The van der Waals surface area contributed by atoms with Gasteiger partial charge >= 0.3 is 0 Å². The maximum absolute atomic E-state index is 13.2. The van der Waals surface area contributed by atoms with Gasteiger partial charge in [-0.3, -0.25) is 0 Å². The standard InChI is InChI=1S/C25H30N4O2S/c1-19-10-12-23(13-11-19)32(30,31)29-15-7-14-28(16-17-29)25-24(20(2)26-21(3)27-25)18-22-8-5-4-6-9-22/h4-6,8-13H,7,14-18H2,1-3H3. The lowest BCUT2D eigenvalue weighted by atomic mass is 10.0. The maximum atomic E-state index is 13.2. The zero-order chi connectivity index (χ0) is 22.7. The van der Waals surface area contributed by atoms with Crippen molar-refractivity contribution in [2.24, 2.45) is 0 Å². The Labute approximate surface area is 191 Å². The molecule has 1 saturated heterocycles. The van der Waals surface area contributed by atoms with E-state index >= 15 is 0 Å². The molecule has 7 heteroatoms. The highest BCUT2D eigenvalue weighted by Crippen LogP contribution is 2.26. The Hall–Kier alpha value is -2.77. The van der Waals surface area contributed by atoms with Crippen LogP contribution in [0.1, 0.15) is 34.6 Å². The fraction of sp³-hybridized carbons (Fsp3) is 0.360. The third-order valence-electron chi connectivity index (χ3n) is 5.94. The van der Waals surface area contributed by atoms with E-state index in [1.807, 2.05) is 51.1 Å². The average molecular weight is 451 g/mol. The Morgan fingerprint density at radius 3 is 2.28 bits per heavy atom. The highest BCUT2D eigenvalue weighted by Gasteiger charge is 2.28. The predicted octanol–water partition coefficient (Wildman–Crippen LogP) is 3.89. The van der Waals surface area contributed by atoms with Gasteiger partial charge in [-0.25, -0.2) is 18.4 Å². The summed E-state index contributed by atoms with van der Waals surface area (Å²) >= 11 is 0. The molecule has 0 spiro atoms. The van der Waals surface area contributed by atoms with E-state index in [2.05, 4.69) is 22.0 Å². The summed E-state index contributed by atoms with van der Waals surface area (Å²) in [5, 5.41) is 0. The number of rotatable bonds is 5. The summed E-state index contributed by atoms with van der Waals surface area (Å²) in [5.41, 5.74) is 4.34. The van der Waals surface area contributed by atoms with Gasteiger partial charge in [-0.2, -0.15) is 4.31 Å². The molecule has 0 unspecified atom stereocenters. The molecule has 0 aliphatic carbocycles. The van der Waals surface area contributed by atoms with Crippen LogP contribution < -0.4 is 4.90 Å². The van der Waals surface area contributed by atoms with Crippen LogP contribution in [0.5, 0.6) is 0 Å². The molecule has 0 amide bonds. The van der Waals surface area contributed by atoms with Crippen molar-refractivity contribution >= 4 is 15.8 Å². The van der Waals surface area contributed by atoms with Crippen LogP contribution in [-0.2, 0) is 16.4 Å². The van der Waals surface area contributed by atoms with Crippen LogP contribution in [-0.4, -0.2) is 48.9 Å². The Morgan fingerprint density at radius 2 is 1.56 bits per heavy atom. The molecule has 32 heavy (non-hydrogen) atoms. The van der Waals surface area contributed by atoms with Gasteiger partial charge in [0.2, 0.25) is 10.0 Å². The normalized spacial score (nSPS) is 15.5. The van der Waals surface area contributed by atoms with Crippen molar-refractivity contribution in [3.05, 3.63) is 82.8 Å². The molecule has 4 rings (SSSR count). The third kappa shape index (κ3) is 4.84. The lowest BCUT2D eigenvalue weighted by Crippen LogP contribution is -2.35. The number of hydrogen-bond acceptors (Lipinski definition) is 5. The molecule has 1 aromatic heterocycles. The van der Waals surface area contributed by atoms with E-state index < -0.39 is 10.0 Å². The highest BCUT2D eigenvalue weighted by atomic mass is 32.2. The molecule has 2 aromatic carbocycles. The Morgan fingerprint density at radius 1 is 0.844 bits per heavy atom. The molecule has 1 aliphatic heterocycles. The van der Waals surface area contributed by atoms with E-state index in [0.29, 0.717) is 24.5 Å². The molecule has 6 nitrogen and oxygen atoms in total. The van der Waals surface area contributed by atoms with Crippen molar-refractivity contribution in [3.63, 3.8) is 0 Å². The topological polar surface area (TPSA) is 66.4 Å². The number of anilines is 1. The van der Waals surface area contributed by atoms with Crippen molar-refractivity contribution < 1.29 is 8.42 Å². The second-order valence-corrected chi connectivity index (χ2v) is 10.3. The molecular formula is C25H30N4O2S. The number of aryl methyl sites for hydroxylation is 3. The first-order valence-corrected chi connectivity index (χ1v) is 12.5. The van der Waals surface area contributed by atoms with Gasteiger partial charge in [-0.05, 0) is 44.9 Å². The lowest BCUT2D eigenvalue weighted by molar-refractivity contribution is 0.433. The smallest absolute Gasteiger partial charge is 0.243 e. The lowest BCUT2D eigenvalue weighted by Gasteiger charge is -2.26. The molecule has 168 valence electrons. The van der Waals surface area contributed by atoms with Crippen LogP contribution in [0.25, 0.3) is 0 Å². The Balaban J connectivity index is 1.59. The third-order valence-corrected chi connectivity index (χ3v) is 7.85. The average Bonchev–Trinajstić information content (AvgIpc) is 3.03. The van der Waals surface area contributed by atoms with Gasteiger partial charge in [0.05, 0.1) is 4.90 Å². The Kier molecular flexibility index (Phi) is 6.58. The van der Waals surface area contributed by atoms with Crippen LogP contribution >= 0.6 is 0 Å². The quantitative estimate of drug-likeness (QED) is 0.590. The molecule has 3 aromatic rings. The minimum atomic E-state index is -3.51. The largest absolute Gasteiger partial charge is 0.355 e. The van der Waals surface area contributed by atoms with E-state index in [4.69, 9.17) is 4.98 Å². The van der Waals surface area contributed by atoms with Gasteiger partial charge < -0.3 is 4.90 Å². The number of aromatic nitrogens is 2. The van der Waals surface area contributed by atoms with Crippen LogP contribution in [0.4, 0.5) is 5.82 Å². The number of benzene rings is 2. The van der Waals surface area contributed by atoms with Crippen molar-refractivity contribution in [2.45, 2.75) is 38.5 Å². The molecule has 1 aliphatic rings. The van der Waals surface area contributed by atoms with E-state index in [0.717, 1.165) is 47.8 Å². The molecule has 1 fully saturated rings. The van der Waals surface area contributed by atoms with Crippen LogP contribution in [0, 0.1) is 20.8 Å². The molecular weight excluding hydrogens is 420 g/mol. The van der Waals surface area contributed by atoms with Gasteiger partial charge in [0.1, 0.15) is 11.6 Å². The number of nitrogens with zero attached hydrogens (tertiary/aromatic N) is 4. The molecule has 0 atom stereocenters.